The summed E-state index contributed by atoms with van der Waals surface area (Å²) in [6.45, 7) is 7.31. The van der Waals surface area contributed by atoms with Crippen LogP contribution in [0.2, 0.25) is 0 Å². The van der Waals surface area contributed by atoms with Crippen LogP contribution in [-0.2, 0) is 0 Å². The second kappa shape index (κ2) is 5.95. The zero-order chi connectivity index (χ0) is 15.6. The van der Waals surface area contributed by atoms with Gasteiger partial charge in [-0.25, -0.2) is 4.39 Å². The van der Waals surface area contributed by atoms with Crippen molar-refractivity contribution in [3.63, 3.8) is 0 Å². The number of nitrogens with zero attached hydrogens (tertiary/aromatic N) is 2. The lowest BCUT2D eigenvalue weighted by Crippen LogP contribution is -1.92. The summed E-state index contributed by atoms with van der Waals surface area (Å²) in [6, 6.07) is 8.22. The van der Waals surface area contributed by atoms with Gasteiger partial charge in [-0.2, -0.15) is 0 Å². The van der Waals surface area contributed by atoms with Gasteiger partial charge in [-0.15, -0.1) is 10.2 Å². The molecule has 0 unspecified atom stereocenters. The second-order valence-corrected chi connectivity index (χ2v) is 5.17. The molecule has 0 spiro atoms. The number of hydrogen-bond donors (Lipinski definition) is 0. The molecular weight excluding hydrogens is 267 g/mol. The number of carbonyl (C=O) groups excluding carboxylic acids is 1. The summed E-state index contributed by atoms with van der Waals surface area (Å²) >= 11 is 0. The van der Waals surface area contributed by atoms with Crippen LogP contribution in [0.15, 0.2) is 40.6 Å². The molecule has 2 aromatic carbocycles. The molecule has 3 nitrogen and oxygen atoms in total. The number of azo groups is 1. The predicted molar refractivity (Wildman–Crippen MR) is 81.2 cm³/mol. The third-order valence-electron chi connectivity index (χ3n) is 3.25. The molecule has 2 rings (SSSR count). The fourth-order valence-corrected chi connectivity index (χ4v) is 2.24. The predicted octanol–water partition coefficient (Wildman–Crippen LogP) is 5.37. The van der Waals surface area contributed by atoms with E-state index in [-0.39, 0.29) is 11.5 Å². The van der Waals surface area contributed by atoms with Crippen molar-refractivity contribution in [1.82, 2.24) is 0 Å². The smallest absolute Gasteiger partial charge is 0.159 e. The SMILES string of the molecule is CC(=O)c1ccc(N=Nc2c(C)cc(C)cc2C)c(F)c1. The lowest BCUT2D eigenvalue weighted by atomic mass is 10.1. The molecule has 0 aromatic heterocycles. The summed E-state index contributed by atoms with van der Waals surface area (Å²) in [5.41, 5.74) is 4.35. The van der Waals surface area contributed by atoms with Crippen LogP contribution in [-0.4, -0.2) is 5.78 Å². The first-order valence-corrected chi connectivity index (χ1v) is 6.68. The Labute approximate surface area is 123 Å². The number of halogens is 1. The van der Waals surface area contributed by atoms with Crippen LogP contribution in [0.4, 0.5) is 15.8 Å². The highest BCUT2D eigenvalue weighted by molar-refractivity contribution is 5.94. The Balaban J connectivity index is 2.36. The summed E-state index contributed by atoms with van der Waals surface area (Å²) in [5, 5.41) is 8.12. The maximum atomic E-state index is 13.9. The van der Waals surface area contributed by atoms with Gasteiger partial charge in [0.25, 0.3) is 0 Å². The fourth-order valence-electron chi connectivity index (χ4n) is 2.24. The highest BCUT2D eigenvalue weighted by Gasteiger charge is 2.07. The van der Waals surface area contributed by atoms with Crippen LogP contribution in [0.1, 0.15) is 34.0 Å². The quantitative estimate of drug-likeness (QED) is 0.552. The van der Waals surface area contributed by atoms with Crippen LogP contribution in [0.3, 0.4) is 0 Å². The Morgan fingerprint density at radius 3 is 2.14 bits per heavy atom. The first kappa shape index (κ1) is 15.0. The molecule has 4 heteroatoms. The molecule has 0 heterocycles. The van der Waals surface area contributed by atoms with E-state index in [4.69, 9.17) is 0 Å². The van der Waals surface area contributed by atoms with Crippen molar-refractivity contribution in [3.05, 3.63) is 58.4 Å². The van der Waals surface area contributed by atoms with E-state index in [9.17, 15) is 9.18 Å². The molecule has 0 aliphatic heterocycles. The van der Waals surface area contributed by atoms with Gasteiger partial charge in [-0.05, 0) is 57.0 Å². The second-order valence-electron chi connectivity index (χ2n) is 5.17. The average Bonchev–Trinajstić information content (AvgIpc) is 2.38. The number of carbonyl (C=O) groups is 1. The monoisotopic (exact) mass is 284 g/mol. The molecule has 0 aliphatic carbocycles. The minimum absolute atomic E-state index is 0.124. The molecule has 0 atom stereocenters. The first-order chi connectivity index (χ1) is 9.88. The zero-order valence-electron chi connectivity index (χ0n) is 12.6. The summed E-state index contributed by atoms with van der Waals surface area (Å²) in [4.78, 5) is 11.2. The molecular formula is C17H17FN2O. The van der Waals surface area contributed by atoms with Crippen LogP contribution in [0.5, 0.6) is 0 Å². The van der Waals surface area contributed by atoms with Gasteiger partial charge < -0.3 is 0 Å². The molecule has 0 aliphatic rings. The Hall–Kier alpha value is -2.36. The molecule has 0 N–H and O–H groups in total. The number of aryl methyl sites for hydroxylation is 3. The number of hydrogen-bond acceptors (Lipinski definition) is 3. The molecule has 0 saturated carbocycles. The lowest BCUT2D eigenvalue weighted by Gasteiger charge is -2.05. The minimum Gasteiger partial charge on any atom is -0.295 e. The van der Waals surface area contributed by atoms with Crippen molar-refractivity contribution >= 4 is 17.2 Å². The van der Waals surface area contributed by atoms with Gasteiger partial charge in [-0.3, -0.25) is 4.79 Å². The van der Waals surface area contributed by atoms with Crippen molar-refractivity contribution in [2.75, 3.05) is 0 Å². The summed E-state index contributed by atoms with van der Waals surface area (Å²) in [6.07, 6.45) is 0. The Bertz CT molecular complexity index is 713. The van der Waals surface area contributed by atoms with Crippen LogP contribution in [0.25, 0.3) is 0 Å². The third kappa shape index (κ3) is 3.40. The van der Waals surface area contributed by atoms with Crippen molar-refractivity contribution in [2.45, 2.75) is 27.7 Å². The first-order valence-electron chi connectivity index (χ1n) is 6.68. The number of rotatable bonds is 3. The lowest BCUT2D eigenvalue weighted by molar-refractivity contribution is 0.101. The van der Waals surface area contributed by atoms with E-state index in [0.717, 1.165) is 22.4 Å². The number of benzene rings is 2. The van der Waals surface area contributed by atoms with Gasteiger partial charge in [-0.1, -0.05) is 17.7 Å². The Morgan fingerprint density at radius 2 is 1.62 bits per heavy atom. The van der Waals surface area contributed by atoms with E-state index in [2.05, 4.69) is 10.2 Å². The van der Waals surface area contributed by atoms with Gasteiger partial charge in [0.05, 0.1) is 5.69 Å². The van der Waals surface area contributed by atoms with E-state index in [1.165, 1.54) is 19.1 Å². The van der Waals surface area contributed by atoms with Gasteiger partial charge in [0, 0.05) is 5.56 Å². The fraction of sp³-hybridized carbons (Fsp3) is 0.235. The van der Waals surface area contributed by atoms with Crippen LogP contribution in [0, 0.1) is 26.6 Å². The zero-order valence-corrected chi connectivity index (χ0v) is 12.6. The van der Waals surface area contributed by atoms with E-state index < -0.39 is 5.82 Å². The van der Waals surface area contributed by atoms with Crippen molar-refractivity contribution in [2.24, 2.45) is 10.2 Å². The van der Waals surface area contributed by atoms with E-state index in [1.54, 1.807) is 6.07 Å². The standard InChI is InChI=1S/C17H17FN2O/c1-10-7-11(2)17(12(3)8-10)20-19-16-6-5-14(13(4)21)9-15(16)18/h5-9H,1-4H3. The number of Topliss-reactive ketones (excluding diaryl/α,β-unsaturated/α-hetero) is 1. The van der Waals surface area contributed by atoms with E-state index >= 15 is 0 Å². The summed E-state index contributed by atoms with van der Waals surface area (Å²) < 4.78 is 13.9. The minimum atomic E-state index is -0.547. The molecule has 108 valence electrons. The number of ketones is 1. The molecule has 0 fully saturated rings. The normalized spacial score (nSPS) is 11.1. The molecule has 0 radical (unpaired) electrons. The van der Waals surface area contributed by atoms with Gasteiger partial charge in [0.1, 0.15) is 5.69 Å². The molecule has 0 bridgehead atoms. The van der Waals surface area contributed by atoms with Crippen LogP contribution < -0.4 is 0 Å². The van der Waals surface area contributed by atoms with Crippen molar-refractivity contribution in [1.29, 1.82) is 0 Å². The molecule has 2 aromatic rings. The van der Waals surface area contributed by atoms with E-state index in [0.29, 0.717) is 5.56 Å². The maximum Gasteiger partial charge on any atom is 0.159 e. The molecule has 0 amide bonds. The van der Waals surface area contributed by atoms with Crippen molar-refractivity contribution in [3.8, 4) is 0 Å². The summed E-state index contributed by atoms with van der Waals surface area (Å²) in [5.74, 6) is -0.725. The van der Waals surface area contributed by atoms with Gasteiger partial charge in [0.2, 0.25) is 0 Å². The van der Waals surface area contributed by atoms with Crippen LogP contribution >= 0.6 is 0 Å². The van der Waals surface area contributed by atoms with E-state index in [1.807, 2.05) is 32.9 Å². The average molecular weight is 284 g/mol. The topological polar surface area (TPSA) is 41.8 Å². The molecule has 0 saturated heterocycles. The van der Waals surface area contributed by atoms with Gasteiger partial charge >= 0.3 is 0 Å². The Morgan fingerprint density at radius 1 is 1.00 bits per heavy atom. The molecule has 21 heavy (non-hydrogen) atoms. The largest absolute Gasteiger partial charge is 0.295 e. The summed E-state index contributed by atoms with van der Waals surface area (Å²) in [7, 11) is 0. The van der Waals surface area contributed by atoms with Crippen molar-refractivity contribution < 1.29 is 9.18 Å². The van der Waals surface area contributed by atoms with Gasteiger partial charge in [0.15, 0.2) is 11.6 Å². The Kier molecular flexibility index (Phi) is 4.26. The maximum absolute atomic E-state index is 13.9. The highest BCUT2D eigenvalue weighted by Crippen LogP contribution is 2.28. The highest BCUT2D eigenvalue weighted by atomic mass is 19.1. The third-order valence-corrected chi connectivity index (χ3v) is 3.25.